The Kier molecular flexibility index (Phi) is 8.11. The minimum atomic E-state index is -0.185. The lowest BCUT2D eigenvalue weighted by Crippen LogP contribution is -2.08. The fourth-order valence-electron chi connectivity index (χ4n) is 4.24. The number of carbonyl (C=O) groups is 1. The standard InChI is InChI=1S/C31H33NO4/c1-5-7-8-22-9-13-24(14-10-22)32-31(33)17-21(3)26-18-27-28(20-36-30(27)19-29(26)34-4)23-11-15-25(16-12-23)35-6-2/h9-20H,5-8H2,1-4H3,(H,32,33)/b21-17+. The van der Waals surface area contributed by atoms with Crippen LogP contribution >= 0.6 is 0 Å². The minimum absolute atomic E-state index is 0.185. The minimum Gasteiger partial charge on any atom is -0.496 e. The second-order valence-corrected chi connectivity index (χ2v) is 8.77. The Balaban J connectivity index is 1.59. The number of allylic oxidation sites excluding steroid dienone is 1. The first-order chi connectivity index (χ1) is 17.5. The molecular formula is C31H33NO4. The molecule has 36 heavy (non-hydrogen) atoms. The number of furan rings is 1. The van der Waals surface area contributed by atoms with Crippen LogP contribution in [0.1, 0.15) is 44.7 Å². The number of amides is 1. The van der Waals surface area contributed by atoms with Crippen LogP contribution in [0.2, 0.25) is 0 Å². The first-order valence-electron chi connectivity index (χ1n) is 12.4. The van der Waals surface area contributed by atoms with Gasteiger partial charge in [0.1, 0.15) is 17.1 Å². The third-order valence-electron chi connectivity index (χ3n) is 6.18. The van der Waals surface area contributed by atoms with Gasteiger partial charge < -0.3 is 19.2 Å². The van der Waals surface area contributed by atoms with Crippen molar-refractivity contribution in [2.24, 2.45) is 0 Å². The molecule has 0 bridgehead atoms. The van der Waals surface area contributed by atoms with E-state index in [4.69, 9.17) is 13.9 Å². The molecule has 0 atom stereocenters. The van der Waals surface area contributed by atoms with Crippen molar-refractivity contribution in [1.29, 1.82) is 0 Å². The third kappa shape index (κ3) is 5.80. The van der Waals surface area contributed by atoms with E-state index in [1.165, 1.54) is 12.0 Å². The quantitative estimate of drug-likeness (QED) is 0.233. The van der Waals surface area contributed by atoms with Crippen molar-refractivity contribution in [3.8, 4) is 22.6 Å². The summed E-state index contributed by atoms with van der Waals surface area (Å²) in [6.45, 7) is 6.69. The van der Waals surface area contributed by atoms with Crippen molar-refractivity contribution < 1.29 is 18.7 Å². The summed E-state index contributed by atoms with van der Waals surface area (Å²) >= 11 is 0. The second-order valence-electron chi connectivity index (χ2n) is 8.77. The summed E-state index contributed by atoms with van der Waals surface area (Å²) in [5.74, 6) is 1.30. The van der Waals surface area contributed by atoms with Gasteiger partial charge in [0.05, 0.1) is 20.0 Å². The molecule has 5 heteroatoms. The third-order valence-corrected chi connectivity index (χ3v) is 6.18. The lowest BCUT2D eigenvalue weighted by atomic mass is 9.99. The summed E-state index contributed by atoms with van der Waals surface area (Å²) in [6.07, 6.45) is 6.73. The van der Waals surface area contributed by atoms with Gasteiger partial charge in [-0.15, -0.1) is 0 Å². The molecule has 1 aromatic heterocycles. The maximum atomic E-state index is 12.8. The van der Waals surface area contributed by atoms with Crippen LogP contribution < -0.4 is 14.8 Å². The van der Waals surface area contributed by atoms with E-state index in [0.29, 0.717) is 12.4 Å². The van der Waals surface area contributed by atoms with Crippen LogP contribution in [0.15, 0.2) is 77.4 Å². The fraction of sp³-hybridized carbons (Fsp3) is 0.258. The largest absolute Gasteiger partial charge is 0.496 e. The molecule has 0 saturated carbocycles. The number of fused-ring (bicyclic) bond motifs is 1. The van der Waals surface area contributed by atoms with Crippen molar-refractivity contribution in [1.82, 2.24) is 0 Å². The number of aryl methyl sites for hydroxylation is 1. The van der Waals surface area contributed by atoms with Crippen molar-refractivity contribution in [2.75, 3.05) is 19.0 Å². The van der Waals surface area contributed by atoms with E-state index in [1.54, 1.807) is 19.4 Å². The molecule has 0 aliphatic carbocycles. The maximum Gasteiger partial charge on any atom is 0.248 e. The Morgan fingerprint density at radius 1 is 1.03 bits per heavy atom. The van der Waals surface area contributed by atoms with Gasteiger partial charge in [0.2, 0.25) is 5.91 Å². The van der Waals surface area contributed by atoms with Crippen LogP contribution in [0.3, 0.4) is 0 Å². The van der Waals surface area contributed by atoms with Gasteiger partial charge in [0.15, 0.2) is 0 Å². The fourth-order valence-corrected chi connectivity index (χ4v) is 4.24. The van der Waals surface area contributed by atoms with Gasteiger partial charge in [-0.3, -0.25) is 4.79 Å². The number of hydrogen-bond acceptors (Lipinski definition) is 4. The van der Waals surface area contributed by atoms with Crippen molar-refractivity contribution >= 4 is 28.1 Å². The summed E-state index contributed by atoms with van der Waals surface area (Å²) in [5, 5.41) is 3.91. The lowest BCUT2D eigenvalue weighted by Gasteiger charge is -2.11. The van der Waals surface area contributed by atoms with Gasteiger partial charge in [-0.2, -0.15) is 0 Å². The highest BCUT2D eigenvalue weighted by atomic mass is 16.5. The summed E-state index contributed by atoms with van der Waals surface area (Å²) in [6, 6.07) is 19.9. The van der Waals surface area contributed by atoms with Crippen LogP contribution in [0.25, 0.3) is 27.7 Å². The van der Waals surface area contributed by atoms with Gasteiger partial charge in [-0.05, 0) is 73.7 Å². The Morgan fingerprint density at radius 3 is 2.44 bits per heavy atom. The van der Waals surface area contributed by atoms with Crippen molar-refractivity contribution in [3.05, 3.63) is 84.1 Å². The lowest BCUT2D eigenvalue weighted by molar-refractivity contribution is -0.111. The number of benzene rings is 3. The number of hydrogen-bond donors (Lipinski definition) is 1. The SMILES string of the molecule is CCCCc1ccc(NC(=O)/C=C(\C)c2cc3c(-c4ccc(OCC)cc4)coc3cc2OC)cc1. The zero-order chi connectivity index (χ0) is 25.5. The Hall–Kier alpha value is -3.99. The molecule has 0 aliphatic heterocycles. The van der Waals surface area contributed by atoms with Crippen molar-refractivity contribution in [3.63, 3.8) is 0 Å². The van der Waals surface area contributed by atoms with Crippen LogP contribution in [-0.4, -0.2) is 19.6 Å². The highest BCUT2D eigenvalue weighted by molar-refractivity contribution is 6.05. The van der Waals surface area contributed by atoms with E-state index in [2.05, 4.69) is 24.4 Å². The molecule has 5 nitrogen and oxygen atoms in total. The molecule has 1 heterocycles. The van der Waals surface area contributed by atoms with Crippen molar-refractivity contribution in [2.45, 2.75) is 40.0 Å². The zero-order valence-corrected chi connectivity index (χ0v) is 21.4. The van der Waals surface area contributed by atoms with Crippen LogP contribution in [0, 0.1) is 0 Å². The molecule has 0 spiro atoms. The van der Waals surface area contributed by atoms with Gasteiger partial charge >= 0.3 is 0 Å². The second kappa shape index (κ2) is 11.6. The number of rotatable bonds is 10. The molecule has 1 amide bonds. The molecule has 0 saturated heterocycles. The summed E-state index contributed by atoms with van der Waals surface area (Å²) in [5.41, 5.74) is 6.41. The Morgan fingerprint density at radius 2 is 1.78 bits per heavy atom. The molecule has 3 aromatic carbocycles. The first kappa shape index (κ1) is 25.1. The molecule has 0 radical (unpaired) electrons. The summed E-state index contributed by atoms with van der Waals surface area (Å²) < 4.78 is 17.0. The Labute approximate surface area is 212 Å². The number of carbonyl (C=O) groups excluding carboxylic acids is 1. The molecule has 0 unspecified atom stereocenters. The van der Waals surface area contributed by atoms with Gasteiger partial charge in [-0.25, -0.2) is 0 Å². The smallest absolute Gasteiger partial charge is 0.248 e. The van der Waals surface area contributed by atoms with Gasteiger partial charge in [-0.1, -0.05) is 37.6 Å². The van der Waals surface area contributed by atoms with E-state index < -0.39 is 0 Å². The molecule has 4 rings (SSSR count). The normalized spacial score (nSPS) is 11.5. The average molecular weight is 484 g/mol. The molecule has 186 valence electrons. The van der Waals surface area contributed by atoms with E-state index in [-0.39, 0.29) is 5.91 Å². The number of anilines is 1. The van der Waals surface area contributed by atoms with Crippen LogP contribution in [0.4, 0.5) is 5.69 Å². The average Bonchev–Trinajstić information content (AvgIpc) is 3.31. The number of ether oxygens (including phenoxy) is 2. The van der Waals surface area contributed by atoms with Crippen LogP contribution in [0.5, 0.6) is 11.5 Å². The predicted molar refractivity (Wildman–Crippen MR) is 147 cm³/mol. The van der Waals surface area contributed by atoms with E-state index in [1.807, 2.05) is 62.4 Å². The number of nitrogens with one attached hydrogen (secondary N) is 1. The van der Waals surface area contributed by atoms with Gasteiger partial charge in [0.25, 0.3) is 0 Å². The number of methoxy groups -OCH3 is 1. The molecule has 1 N–H and O–H groups in total. The highest BCUT2D eigenvalue weighted by Crippen LogP contribution is 2.37. The van der Waals surface area contributed by atoms with Gasteiger partial charge in [0, 0.05) is 34.3 Å². The monoisotopic (exact) mass is 483 g/mol. The van der Waals surface area contributed by atoms with E-state index in [9.17, 15) is 4.79 Å². The molecule has 0 fully saturated rings. The molecular weight excluding hydrogens is 450 g/mol. The highest BCUT2D eigenvalue weighted by Gasteiger charge is 2.15. The van der Waals surface area contributed by atoms with Crippen LogP contribution in [-0.2, 0) is 11.2 Å². The molecule has 0 aliphatic rings. The maximum absolute atomic E-state index is 12.8. The number of unbranched alkanes of at least 4 members (excludes halogenated alkanes) is 1. The van der Waals surface area contributed by atoms with E-state index in [0.717, 1.165) is 57.5 Å². The summed E-state index contributed by atoms with van der Waals surface area (Å²) in [7, 11) is 1.62. The first-order valence-corrected chi connectivity index (χ1v) is 12.4. The topological polar surface area (TPSA) is 60.7 Å². The Bertz CT molecular complexity index is 1350. The zero-order valence-electron chi connectivity index (χ0n) is 21.4. The predicted octanol–water partition coefficient (Wildman–Crippen LogP) is 7.89. The summed E-state index contributed by atoms with van der Waals surface area (Å²) in [4.78, 5) is 12.8. The van der Waals surface area contributed by atoms with E-state index >= 15 is 0 Å². The molecule has 4 aromatic rings.